The molecule has 0 aromatic rings. The summed E-state index contributed by atoms with van der Waals surface area (Å²) in [5.41, 5.74) is 0. The fourth-order valence-corrected chi connectivity index (χ4v) is 0.691. The first-order valence-electron chi connectivity index (χ1n) is 3.10. The predicted octanol–water partition coefficient (Wildman–Crippen LogP) is 1.78. The van der Waals surface area contributed by atoms with Gasteiger partial charge in [-0.15, -0.1) is 0 Å². The molecule has 0 aliphatic heterocycles. The lowest BCUT2D eigenvalue weighted by Gasteiger charge is -2.08. The van der Waals surface area contributed by atoms with Gasteiger partial charge in [0.25, 0.3) is 0 Å². The molecule has 0 heterocycles. The Morgan fingerprint density at radius 2 is 2.00 bits per heavy atom. The van der Waals surface area contributed by atoms with Gasteiger partial charge in [-0.05, 0) is 12.3 Å². The van der Waals surface area contributed by atoms with Crippen molar-refractivity contribution < 1.29 is 4.79 Å². The first-order valence-corrected chi connectivity index (χ1v) is 3.10. The summed E-state index contributed by atoms with van der Waals surface area (Å²) < 4.78 is 0. The highest BCUT2D eigenvalue weighted by Crippen LogP contribution is 2.10. The van der Waals surface area contributed by atoms with Crippen molar-refractivity contribution in [2.45, 2.75) is 27.2 Å². The molecule has 1 radical (unpaired) electrons. The van der Waals surface area contributed by atoms with E-state index in [4.69, 9.17) is 0 Å². The minimum Gasteiger partial charge on any atom is -0.291 e. The van der Waals surface area contributed by atoms with Crippen molar-refractivity contribution in [2.75, 3.05) is 0 Å². The summed E-state index contributed by atoms with van der Waals surface area (Å²) in [7, 11) is 0. The standard InChI is InChI=1S/C7H13O/c1-4-7(5-8)6(2)3/h6-7H,4H2,1-3H3. The van der Waals surface area contributed by atoms with E-state index in [9.17, 15) is 4.79 Å². The zero-order valence-electron chi connectivity index (χ0n) is 5.77. The molecule has 1 unspecified atom stereocenters. The van der Waals surface area contributed by atoms with E-state index in [-0.39, 0.29) is 5.92 Å². The maximum atomic E-state index is 10.1. The summed E-state index contributed by atoms with van der Waals surface area (Å²) in [5.74, 6) is 0.604. The molecule has 0 rings (SSSR count). The highest BCUT2D eigenvalue weighted by molar-refractivity contribution is 5.54. The van der Waals surface area contributed by atoms with Gasteiger partial charge in [-0.2, -0.15) is 0 Å². The van der Waals surface area contributed by atoms with Crippen LogP contribution < -0.4 is 0 Å². The molecule has 0 N–H and O–H groups in total. The van der Waals surface area contributed by atoms with Gasteiger partial charge in [-0.1, -0.05) is 20.8 Å². The molecule has 0 aliphatic rings. The third-order valence-corrected chi connectivity index (χ3v) is 1.40. The minimum atomic E-state index is 0.148. The molecule has 0 amide bonds. The van der Waals surface area contributed by atoms with E-state index in [2.05, 4.69) is 0 Å². The van der Waals surface area contributed by atoms with Gasteiger partial charge in [0.05, 0.1) is 0 Å². The van der Waals surface area contributed by atoms with E-state index in [1.165, 1.54) is 0 Å². The molecule has 8 heavy (non-hydrogen) atoms. The molecule has 0 fully saturated rings. The van der Waals surface area contributed by atoms with E-state index in [0.29, 0.717) is 5.92 Å². The largest absolute Gasteiger partial charge is 0.291 e. The van der Waals surface area contributed by atoms with Crippen LogP contribution in [0.25, 0.3) is 0 Å². The zero-order chi connectivity index (χ0) is 6.57. The zero-order valence-corrected chi connectivity index (χ0v) is 5.77. The summed E-state index contributed by atoms with van der Waals surface area (Å²) in [5, 5.41) is 0. The second kappa shape index (κ2) is 3.65. The maximum absolute atomic E-state index is 10.1. The summed E-state index contributed by atoms with van der Waals surface area (Å²) >= 11 is 0. The lowest BCUT2D eigenvalue weighted by molar-refractivity contribution is 0.438. The van der Waals surface area contributed by atoms with Gasteiger partial charge < -0.3 is 0 Å². The normalized spacial score (nSPS) is 14.0. The van der Waals surface area contributed by atoms with E-state index in [1.54, 1.807) is 0 Å². The molecule has 1 nitrogen and oxygen atoms in total. The van der Waals surface area contributed by atoms with E-state index < -0.39 is 0 Å². The van der Waals surface area contributed by atoms with Gasteiger partial charge in [0.1, 0.15) is 0 Å². The van der Waals surface area contributed by atoms with Crippen LogP contribution in [0.3, 0.4) is 0 Å². The van der Waals surface area contributed by atoms with Gasteiger partial charge >= 0.3 is 0 Å². The van der Waals surface area contributed by atoms with Crippen LogP contribution in [0.4, 0.5) is 0 Å². The van der Waals surface area contributed by atoms with Crippen molar-refractivity contribution >= 4 is 6.29 Å². The average molecular weight is 113 g/mol. The Kier molecular flexibility index (Phi) is 3.49. The van der Waals surface area contributed by atoms with E-state index >= 15 is 0 Å². The summed E-state index contributed by atoms with van der Waals surface area (Å²) in [4.78, 5) is 10.1. The Hall–Kier alpha value is -0.330. The van der Waals surface area contributed by atoms with Gasteiger partial charge in [0.2, 0.25) is 6.29 Å². The highest BCUT2D eigenvalue weighted by Gasteiger charge is 2.08. The van der Waals surface area contributed by atoms with Crippen molar-refractivity contribution in [1.29, 1.82) is 0 Å². The monoisotopic (exact) mass is 113 g/mol. The Balaban J connectivity index is 3.51. The molecule has 47 valence electrons. The van der Waals surface area contributed by atoms with Crippen molar-refractivity contribution in [3.63, 3.8) is 0 Å². The Labute approximate surface area is 51.1 Å². The van der Waals surface area contributed by atoms with Crippen LogP contribution in [-0.2, 0) is 4.79 Å². The van der Waals surface area contributed by atoms with E-state index in [1.807, 2.05) is 27.1 Å². The Bertz CT molecular complexity index is 66.8. The molecular weight excluding hydrogens is 100 g/mol. The lowest BCUT2D eigenvalue weighted by atomic mass is 9.95. The Morgan fingerprint density at radius 3 is 2.00 bits per heavy atom. The molecular formula is C7H13O. The highest BCUT2D eigenvalue weighted by atomic mass is 16.1. The molecule has 1 atom stereocenters. The smallest absolute Gasteiger partial charge is 0.201 e. The number of rotatable bonds is 3. The van der Waals surface area contributed by atoms with Crippen LogP contribution in [-0.4, -0.2) is 6.29 Å². The molecule has 0 aromatic carbocycles. The quantitative estimate of drug-likeness (QED) is 0.545. The van der Waals surface area contributed by atoms with Gasteiger partial charge in [-0.3, -0.25) is 4.79 Å². The SMILES string of the molecule is CCC([C]=O)C(C)C. The van der Waals surface area contributed by atoms with Crippen LogP contribution >= 0.6 is 0 Å². The average Bonchev–Trinajstić information content (AvgIpc) is 1.69. The molecule has 0 aromatic heterocycles. The molecule has 0 spiro atoms. The third-order valence-electron chi connectivity index (χ3n) is 1.40. The first kappa shape index (κ1) is 7.67. The van der Waals surface area contributed by atoms with Gasteiger partial charge in [0, 0.05) is 5.92 Å². The summed E-state index contributed by atoms with van der Waals surface area (Å²) in [6.07, 6.45) is 2.92. The summed E-state index contributed by atoms with van der Waals surface area (Å²) in [6.45, 7) is 6.09. The van der Waals surface area contributed by atoms with Crippen LogP contribution in [0.1, 0.15) is 27.2 Å². The molecule has 0 saturated carbocycles. The Morgan fingerprint density at radius 1 is 1.50 bits per heavy atom. The second-order valence-corrected chi connectivity index (χ2v) is 2.38. The molecule has 0 saturated heterocycles. The van der Waals surface area contributed by atoms with Crippen molar-refractivity contribution in [2.24, 2.45) is 11.8 Å². The van der Waals surface area contributed by atoms with Gasteiger partial charge in [0.15, 0.2) is 0 Å². The van der Waals surface area contributed by atoms with Crippen LogP contribution in [0, 0.1) is 11.8 Å². The van der Waals surface area contributed by atoms with Crippen LogP contribution in [0.5, 0.6) is 0 Å². The number of hydrogen-bond acceptors (Lipinski definition) is 1. The molecule has 0 aliphatic carbocycles. The maximum Gasteiger partial charge on any atom is 0.201 e. The number of carbonyl (C=O) groups excluding carboxylic acids is 1. The molecule has 1 heteroatoms. The van der Waals surface area contributed by atoms with Crippen molar-refractivity contribution in [3.05, 3.63) is 0 Å². The first-order chi connectivity index (χ1) is 3.72. The van der Waals surface area contributed by atoms with Crippen molar-refractivity contribution in [3.8, 4) is 0 Å². The topological polar surface area (TPSA) is 17.1 Å². The van der Waals surface area contributed by atoms with Crippen LogP contribution in [0.15, 0.2) is 0 Å². The predicted molar refractivity (Wildman–Crippen MR) is 34.3 cm³/mol. The van der Waals surface area contributed by atoms with E-state index in [0.717, 1.165) is 6.42 Å². The van der Waals surface area contributed by atoms with Crippen LogP contribution in [0.2, 0.25) is 0 Å². The minimum absolute atomic E-state index is 0.148. The summed E-state index contributed by atoms with van der Waals surface area (Å²) in [6, 6.07) is 0. The second-order valence-electron chi connectivity index (χ2n) is 2.38. The van der Waals surface area contributed by atoms with Crippen molar-refractivity contribution in [1.82, 2.24) is 0 Å². The van der Waals surface area contributed by atoms with Gasteiger partial charge in [-0.25, -0.2) is 0 Å². The fraction of sp³-hybridized carbons (Fsp3) is 0.857. The molecule has 0 bridgehead atoms. The lowest BCUT2D eigenvalue weighted by Crippen LogP contribution is -2.07. The third kappa shape index (κ3) is 2.10. The fourth-order valence-electron chi connectivity index (χ4n) is 0.691. The number of hydrogen-bond donors (Lipinski definition) is 0.